The molecule has 0 unspecified atom stereocenters. The van der Waals surface area contributed by atoms with Gasteiger partial charge in [-0.15, -0.1) is 6.58 Å². The fraction of sp³-hybridized carbons (Fsp3) is 0.143. The van der Waals surface area contributed by atoms with Gasteiger partial charge in [0, 0.05) is 6.54 Å². The van der Waals surface area contributed by atoms with E-state index >= 15 is 0 Å². The molecule has 1 heterocycles. The quantitative estimate of drug-likeness (QED) is 0.494. The second-order valence-electron chi connectivity index (χ2n) is 4.25. The Bertz CT molecular complexity index is 655. The summed E-state index contributed by atoms with van der Waals surface area (Å²) in [6.07, 6.45) is 2.98. The molecule has 0 bridgehead atoms. The van der Waals surface area contributed by atoms with Gasteiger partial charge in [-0.2, -0.15) is 0 Å². The molecule has 0 aliphatic carbocycles. The van der Waals surface area contributed by atoms with Crippen molar-refractivity contribution in [1.29, 1.82) is 0 Å². The monoisotopic (exact) mass is 352 g/mol. The molecule has 1 aliphatic rings. The number of benzene rings is 1. The van der Waals surface area contributed by atoms with Crippen molar-refractivity contribution < 1.29 is 19.4 Å². The van der Waals surface area contributed by atoms with E-state index in [0.717, 1.165) is 4.90 Å². The number of phenolic OH excluding ortho intramolecular Hbond substituents is 1. The van der Waals surface area contributed by atoms with Crippen LogP contribution in [-0.2, 0) is 4.79 Å². The van der Waals surface area contributed by atoms with Crippen LogP contribution < -0.4 is 10.1 Å². The van der Waals surface area contributed by atoms with Gasteiger partial charge >= 0.3 is 6.03 Å². The number of amides is 3. The number of carbonyl (C=O) groups is 2. The van der Waals surface area contributed by atoms with Crippen LogP contribution in [0.1, 0.15) is 5.56 Å². The lowest BCUT2D eigenvalue weighted by Gasteiger charge is -2.07. The van der Waals surface area contributed by atoms with E-state index in [1.54, 1.807) is 12.1 Å². The number of nitrogens with zero attached hydrogens (tertiary/aromatic N) is 1. The molecular formula is C14H13BrN2O4. The third-order valence-corrected chi connectivity index (χ3v) is 3.46. The molecule has 0 saturated carbocycles. The highest BCUT2D eigenvalue weighted by Gasteiger charge is 2.32. The highest BCUT2D eigenvalue weighted by molar-refractivity contribution is 9.10. The Morgan fingerprint density at radius 2 is 2.19 bits per heavy atom. The molecule has 0 radical (unpaired) electrons. The Hall–Kier alpha value is -2.28. The number of halogens is 1. The zero-order chi connectivity index (χ0) is 15.6. The summed E-state index contributed by atoms with van der Waals surface area (Å²) in [7, 11) is 1.42. The minimum atomic E-state index is -0.490. The number of hydrogen-bond donors (Lipinski definition) is 2. The molecule has 6 nitrogen and oxygen atoms in total. The molecule has 2 rings (SSSR count). The van der Waals surface area contributed by atoms with Crippen molar-refractivity contribution in [3.8, 4) is 11.5 Å². The van der Waals surface area contributed by atoms with Gasteiger partial charge in [-0.1, -0.05) is 6.08 Å². The Morgan fingerprint density at radius 1 is 1.48 bits per heavy atom. The van der Waals surface area contributed by atoms with Crippen molar-refractivity contribution >= 4 is 33.9 Å². The first-order chi connectivity index (χ1) is 9.97. The number of aromatic hydroxyl groups is 1. The fourth-order valence-corrected chi connectivity index (χ4v) is 2.33. The number of imide groups is 1. The Morgan fingerprint density at radius 3 is 2.81 bits per heavy atom. The molecule has 7 heteroatoms. The Balaban J connectivity index is 2.37. The molecule has 1 saturated heterocycles. The summed E-state index contributed by atoms with van der Waals surface area (Å²) in [5, 5.41) is 12.2. The Labute approximate surface area is 129 Å². The van der Waals surface area contributed by atoms with Crippen molar-refractivity contribution in [3.63, 3.8) is 0 Å². The zero-order valence-corrected chi connectivity index (χ0v) is 12.8. The van der Waals surface area contributed by atoms with Crippen LogP contribution in [0.25, 0.3) is 6.08 Å². The predicted octanol–water partition coefficient (Wildman–Crippen LogP) is 2.24. The van der Waals surface area contributed by atoms with Crippen LogP contribution >= 0.6 is 15.9 Å². The van der Waals surface area contributed by atoms with Gasteiger partial charge in [0.25, 0.3) is 5.91 Å². The third-order valence-electron chi connectivity index (χ3n) is 2.86. The zero-order valence-electron chi connectivity index (χ0n) is 11.2. The van der Waals surface area contributed by atoms with Gasteiger partial charge in [-0.3, -0.25) is 9.69 Å². The molecule has 0 spiro atoms. The van der Waals surface area contributed by atoms with Crippen LogP contribution in [0, 0.1) is 0 Å². The first-order valence-electron chi connectivity index (χ1n) is 6.00. The molecule has 1 aliphatic heterocycles. The summed E-state index contributed by atoms with van der Waals surface area (Å²) >= 11 is 3.20. The number of ether oxygens (including phenoxy) is 1. The van der Waals surface area contributed by atoms with E-state index in [0.29, 0.717) is 10.0 Å². The molecule has 1 fully saturated rings. The standard InChI is InChI=1S/C14H13BrN2O4/c1-3-4-17-13(19)10(16-14(17)20)6-8-5-9(15)12(18)11(7-8)21-2/h3,5-7,18H,1,4H2,2H3,(H,16,20). The highest BCUT2D eigenvalue weighted by atomic mass is 79.9. The van der Waals surface area contributed by atoms with E-state index in [-0.39, 0.29) is 23.7 Å². The number of carbonyl (C=O) groups excluding carboxylic acids is 2. The Kier molecular flexibility index (Phi) is 4.32. The average Bonchev–Trinajstić information content (AvgIpc) is 2.70. The van der Waals surface area contributed by atoms with Gasteiger partial charge in [-0.25, -0.2) is 4.79 Å². The smallest absolute Gasteiger partial charge is 0.329 e. The molecule has 1 aromatic carbocycles. The summed E-state index contributed by atoms with van der Waals surface area (Å²) in [5.41, 5.74) is 0.752. The van der Waals surface area contributed by atoms with E-state index in [2.05, 4.69) is 27.8 Å². The summed E-state index contributed by atoms with van der Waals surface area (Å²) in [4.78, 5) is 24.7. The summed E-state index contributed by atoms with van der Waals surface area (Å²) in [5.74, 6) is -0.200. The van der Waals surface area contributed by atoms with Crippen molar-refractivity contribution in [2.75, 3.05) is 13.7 Å². The number of urea groups is 1. The molecule has 21 heavy (non-hydrogen) atoms. The number of phenols is 1. The summed E-state index contributed by atoms with van der Waals surface area (Å²) in [6.45, 7) is 3.65. The van der Waals surface area contributed by atoms with Crippen LogP contribution in [0.15, 0.2) is 35.0 Å². The number of nitrogens with one attached hydrogen (secondary N) is 1. The third kappa shape index (κ3) is 2.92. The summed E-state index contributed by atoms with van der Waals surface area (Å²) in [6, 6.07) is 2.68. The van der Waals surface area contributed by atoms with Gasteiger partial charge in [-0.05, 0) is 39.7 Å². The van der Waals surface area contributed by atoms with Gasteiger partial charge in [0.1, 0.15) is 5.70 Å². The highest BCUT2D eigenvalue weighted by Crippen LogP contribution is 2.35. The number of hydrogen-bond acceptors (Lipinski definition) is 4. The van der Waals surface area contributed by atoms with E-state index in [1.807, 2.05) is 0 Å². The lowest BCUT2D eigenvalue weighted by Crippen LogP contribution is -2.30. The van der Waals surface area contributed by atoms with Gasteiger partial charge in [0.15, 0.2) is 11.5 Å². The van der Waals surface area contributed by atoms with Crippen molar-refractivity contribution in [2.24, 2.45) is 0 Å². The molecule has 110 valence electrons. The molecular weight excluding hydrogens is 340 g/mol. The fourth-order valence-electron chi connectivity index (χ4n) is 1.87. The average molecular weight is 353 g/mol. The van der Waals surface area contributed by atoms with E-state index in [1.165, 1.54) is 19.3 Å². The SMILES string of the molecule is C=CCN1C(=O)NC(=Cc2cc(Br)c(O)c(OC)c2)C1=O. The maximum atomic E-state index is 12.1. The molecule has 0 atom stereocenters. The van der Waals surface area contributed by atoms with Crippen LogP contribution in [0.4, 0.5) is 4.79 Å². The second-order valence-corrected chi connectivity index (χ2v) is 5.10. The molecule has 1 aromatic rings. The van der Waals surface area contributed by atoms with E-state index in [4.69, 9.17) is 4.74 Å². The van der Waals surface area contributed by atoms with Crippen LogP contribution in [0.3, 0.4) is 0 Å². The largest absolute Gasteiger partial charge is 0.503 e. The topological polar surface area (TPSA) is 78.9 Å². The van der Waals surface area contributed by atoms with E-state index in [9.17, 15) is 14.7 Å². The van der Waals surface area contributed by atoms with E-state index < -0.39 is 11.9 Å². The number of methoxy groups -OCH3 is 1. The first-order valence-corrected chi connectivity index (χ1v) is 6.79. The van der Waals surface area contributed by atoms with Crippen molar-refractivity contribution in [3.05, 3.63) is 40.5 Å². The van der Waals surface area contributed by atoms with Crippen molar-refractivity contribution in [1.82, 2.24) is 10.2 Å². The lowest BCUT2D eigenvalue weighted by molar-refractivity contribution is -0.122. The second kappa shape index (κ2) is 6.01. The van der Waals surface area contributed by atoms with Crippen molar-refractivity contribution in [2.45, 2.75) is 0 Å². The molecule has 0 aromatic heterocycles. The maximum absolute atomic E-state index is 12.1. The summed E-state index contributed by atoms with van der Waals surface area (Å²) < 4.78 is 5.46. The minimum Gasteiger partial charge on any atom is -0.503 e. The van der Waals surface area contributed by atoms with Gasteiger partial charge in [0.2, 0.25) is 0 Å². The number of rotatable bonds is 4. The predicted molar refractivity (Wildman–Crippen MR) is 80.8 cm³/mol. The van der Waals surface area contributed by atoms with Crippen LogP contribution in [-0.4, -0.2) is 35.6 Å². The first kappa shape index (κ1) is 15.1. The maximum Gasteiger partial charge on any atom is 0.329 e. The molecule has 3 amide bonds. The normalized spacial score (nSPS) is 16.3. The van der Waals surface area contributed by atoms with Crippen LogP contribution in [0.2, 0.25) is 0 Å². The lowest BCUT2D eigenvalue weighted by atomic mass is 10.1. The minimum absolute atomic E-state index is 0.0327. The van der Waals surface area contributed by atoms with Gasteiger partial charge < -0.3 is 15.2 Å². The molecule has 2 N–H and O–H groups in total. The van der Waals surface area contributed by atoms with Gasteiger partial charge in [0.05, 0.1) is 11.6 Å². The van der Waals surface area contributed by atoms with Crippen LogP contribution in [0.5, 0.6) is 11.5 Å².